The summed E-state index contributed by atoms with van der Waals surface area (Å²) in [4.78, 5) is 8.74. The molecule has 1 fully saturated rings. The Morgan fingerprint density at radius 1 is 1.40 bits per heavy atom. The van der Waals surface area contributed by atoms with Crippen molar-refractivity contribution in [2.75, 3.05) is 14.2 Å². The van der Waals surface area contributed by atoms with E-state index in [9.17, 15) is 0 Å². The van der Waals surface area contributed by atoms with Crippen LogP contribution in [0.1, 0.15) is 44.8 Å². The molecule has 1 aliphatic rings. The van der Waals surface area contributed by atoms with Crippen LogP contribution in [0.5, 0.6) is 11.8 Å². The van der Waals surface area contributed by atoms with Gasteiger partial charge in [-0.15, -0.1) is 0 Å². The third-order valence-corrected chi connectivity index (χ3v) is 4.36. The second kappa shape index (κ2) is 5.93. The van der Waals surface area contributed by atoms with Crippen LogP contribution < -0.4 is 20.7 Å². The molecule has 0 aromatic carbocycles. The van der Waals surface area contributed by atoms with Crippen molar-refractivity contribution in [3.63, 3.8) is 0 Å². The van der Waals surface area contributed by atoms with E-state index in [0.29, 0.717) is 17.7 Å². The zero-order valence-corrected chi connectivity index (χ0v) is 12.6. The zero-order chi connectivity index (χ0) is 14.8. The molecule has 0 amide bonds. The third kappa shape index (κ3) is 2.71. The van der Waals surface area contributed by atoms with Crippen molar-refractivity contribution in [1.82, 2.24) is 15.4 Å². The minimum atomic E-state index is -0.0687. The predicted molar refractivity (Wildman–Crippen MR) is 76.3 cm³/mol. The number of nitrogens with two attached hydrogens (primary N) is 1. The van der Waals surface area contributed by atoms with Crippen LogP contribution in [0.25, 0.3) is 0 Å². The van der Waals surface area contributed by atoms with Gasteiger partial charge in [0.25, 0.3) is 0 Å². The van der Waals surface area contributed by atoms with E-state index in [4.69, 9.17) is 15.3 Å². The fraction of sp³-hybridized carbons (Fsp3) is 0.714. The van der Waals surface area contributed by atoms with E-state index in [0.717, 1.165) is 12.1 Å². The molecule has 0 spiro atoms. The fourth-order valence-electron chi connectivity index (χ4n) is 3.19. The molecule has 2 atom stereocenters. The van der Waals surface area contributed by atoms with Gasteiger partial charge in [0.05, 0.1) is 26.5 Å². The Labute approximate surface area is 120 Å². The summed E-state index contributed by atoms with van der Waals surface area (Å²) in [5.41, 5.74) is 3.88. The van der Waals surface area contributed by atoms with E-state index in [2.05, 4.69) is 29.2 Å². The maximum atomic E-state index is 5.80. The highest BCUT2D eigenvalue weighted by molar-refractivity contribution is 5.27. The summed E-state index contributed by atoms with van der Waals surface area (Å²) in [6.45, 7) is 4.55. The van der Waals surface area contributed by atoms with E-state index in [1.807, 2.05) is 0 Å². The Bertz CT molecular complexity index is 464. The second-order valence-electron chi connectivity index (χ2n) is 5.94. The van der Waals surface area contributed by atoms with Crippen molar-refractivity contribution in [3.8, 4) is 11.8 Å². The van der Waals surface area contributed by atoms with Crippen LogP contribution in [0.3, 0.4) is 0 Å². The van der Waals surface area contributed by atoms with Crippen LogP contribution in [0.15, 0.2) is 6.20 Å². The highest BCUT2D eigenvalue weighted by Gasteiger charge is 2.41. The highest BCUT2D eigenvalue weighted by atomic mass is 16.5. The van der Waals surface area contributed by atoms with Crippen molar-refractivity contribution >= 4 is 0 Å². The number of rotatable bonds is 5. The molecule has 1 saturated carbocycles. The average molecular weight is 280 g/mol. The monoisotopic (exact) mass is 280 g/mol. The van der Waals surface area contributed by atoms with Gasteiger partial charge in [0.15, 0.2) is 0 Å². The van der Waals surface area contributed by atoms with E-state index in [1.54, 1.807) is 20.4 Å². The summed E-state index contributed by atoms with van der Waals surface area (Å²) in [6.07, 6.45) is 5.13. The van der Waals surface area contributed by atoms with Crippen molar-refractivity contribution in [3.05, 3.63) is 11.9 Å². The quantitative estimate of drug-likeness (QED) is 0.632. The Morgan fingerprint density at radius 2 is 2.15 bits per heavy atom. The number of hydrogen-bond acceptors (Lipinski definition) is 6. The van der Waals surface area contributed by atoms with Crippen LogP contribution in [-0.2, 0) is 0 Å². The fourth-order valence-corrected chi connectivity index (χ4v) is 3.19. The number of nitrogens with zero attached hydrogens (tertiary/aromatic N) is 2. The zero-order valence-electron chi connectivity index (χ0n) is 12.6. The molecule has 6 nitrogen and oxygen atoms in total. The average Bonchev–Trinajstić information content (AvgIpc) is 2.80. The number of methoxy groups -OCH3 is 2. The summed E-state index contributed by atoms with van der Waals surface area (Å²) >= 11 is 0. The van der Waals surface area contributed by atoms with Gasteiger partial charge in [0.1, 0.15) is 5.69 Å². The minimum Gasteiger partial charge on any atom is -0.480 e. The Hall–Kier alpha value is -1.40. The first-order chi connectivity index (χ1) is 9.53. The van der Waals surface area contributed by atoms with Crippen molar-refractivity contribution in [2.24, 2.45) is 17.2 Å². The molecule has 1 heterocycles. The second-order valence-corrected chi connectivity index (χ2v) is 5.94. The summed E-state index contributed by atoms with van der Waals surface area (Å²) < 4.78 is 10.4. The Morgan fingerprint density at radius 3 is 2.65 bits per heavy atom. The summed E-state index contributed by atoms with van der Waals surface area (Å²) in [7, 11) is 3.14. The molecule has 6 heteroatoms. The lowest BCUT2D eigenvalue weighted by Gasteiger charge is -2.33. The molecule has 1 aromatic rings. The smallest absolute Gasteiger partial charge is 0.240 e. The first kappa shape index (κ1) is 15.0. The van der Waals surface area contributed by atoms with Gasteiger partial charge in [-0.05, 0) is 24.2 Å². The van der Waals surface area contributed by atoms with Crippen LogP contribution in [0.2, 0.25) is 0 Å². The minimum absolute atomic E-state index is 0.0687. The van der Waals surface area contributed by atoms with E-state index in [-0.39, 0.29) is 11.5 Å². The third-order valence-electron chi connectivity index (χ3n) is 4.36. The topological polar surface area (TPSA) is 82.3 Å². The Balaban J connectivity index is 2.36. The molecule has 1 aromatic heterocycles. The highest BCUT2D eigenvalue weighted by Crippen LogP contribution is 2.49. The first-order valence-electron chi connectivity index (χ1n) is 6.94. The van der Waals surface area contributed by atoms with Crippen molar-refractivity contribution in [2.45, 2.75) is 39.2 Å². The van der Waals surface area contributed by atoms with Gasteiger partial charge < -0.3 is 9.47 Å². The lowest BCUT2D eigenvalue weighted by molar-refractivity contribution is 0.191. The van der Waals surface area contributed by atoms with E-state index < -0.39 is 0 Å². The number of nitrogens with one attached hydrogen (secondary N) is 1. The number of ether oxygens (including phenoxy) is 2. The van der Waals surface area contributed by atoms with Gasteiger partial charge >= 0.3 is 0 Å². The number of hydrazine groups is 1. The van der Waals surface area contributed by atoms with E-state index >= 15 is 0 Å². The number of hydrogen-bond donors (Lipinski definition) is 2. The SMILES string of the molecule is COc1cnc(C(NN)C2CCCC2(C)C)c(OC)n1. The summed E-state index contributed by atoms with van der Waals surface area (Å²) in [5.74, 6) is 7.11. The molecule has 112 valence electrons. The standard InChI is InChI=1S/C14H24N4O2/c1-14(2)7-5-6-9(14)11(18-15)12-13(20-4)17-10(19-3)8-16-12/h8-9,11,18H,5-7,15H2,1-4H3. The number of aromatic nitrogens is 2. The normalized spacial score (nSPS) is 22.6. The van der Waals surface area contributed by atoms with Crippen molar-refractivity contribution in [1.29, 1.82) is 0 Å². The molecular weight excluding hydrogens is 256 g/mol. The van der Waals surface area contributed by atoms with Crippen molar-refractivity contribution < 1.29 is 9.47 Å². The molecular formula is C14H24N4O2. The Kier molecular flexibility index (Phi) is 4.45. The molecule has 2 rings (SSSR count). The summed E-state index contributed by atoms with van der Waals surface area (Å²) in [5, 5.41) is 0. The van der Waals surface area contributed by atoms with Gasteiger partial charge in [-0.25, -0.2) is 4.98 Å². The van der Waals surface area contributed by atoms with Gasteiger partial charge in [-0.3, -0.25) is 11.3 Å². The van der Waals surface area contributed by atoms with Crippen LogP contribution in [0, 0.1) is 11.3 Å². The van der Waals surface area contributed by atoms with Gasteiger partial charge in [-0.2, -0.15) is 4.98 Å². The molecule has 0 saturated heterocycles. The van der Waals surface area contributed by atoms with Crippen LogP contribution in [0.4, 0.5) is 0 Å². The largest absolute Gasteiger partial charge is 0.480 e. The predicted octanol–water partition coefficient (Wildman–Crippen LogP) is 1.82. The van der Waals surface area contributed by atoms with Crippen LogP contribution in [-0.4, -0.2) is 24.2 Å². The maximum absolute atomic E-state index is 5.80. The molecule has 0 aliphatic heterocycles. The molecule has 20 heavy (non-hydrogen) atoms. The lowest BCUT2D eigenvalue weighted by Crippen LogP contribution is -2.38. The van der Waals surface area contributed by atoms with Gasteiger partial charge in [0.2, 0.25) is 11.8 Å². The maximum Gasteiger partial charge on any atom is 0.240 e. The first-order valence-corrected chi connectivity index (χ1v) is 6.94. The molecule has 1 aliphatic carbocycles. The molecule has 3 N–H and O–H groups in total. The molecule has 2 unspecified atom stereocenters. The van der Waals surface area contributed by atoms with Gasteiger partial charge in [0, 0.05) is 0 Å². The molecule has 0 bridgehead atoms. The van der Waals surface area contributed by atoms with E-state index in [1.165, 1.54) is 12.8 Å². The summed E-state index contributed by atoms with van der Waals surface area (Å²) in [6, 6.07) is -0.0687. The molecule has 0 radical (unpaired) electrons. The van der Waals surface area contributed by atoms with Gasteiger partial charge in [-0.1, -0.05) is 20.3 Å². The van der Waals surface area contributed by atoms with Crippen LogP contribution >= 0.6 is 0 Å². The lowest BCUT2D eigenvalue weighted by atomic mass is 9.76.